The van der Waals surface area contributed by atoms with E-state index in [4.69, 9.17) is 28.9 Å². The highest BCUT2D eigenvalue weighted by atomic mass is 35.5. The highest BCUT2D eigenvalue weighted by Crippen LogP contribution is 2.39. The fraction of sp³-hybridized carbons (Fsp3) is 0.167. The molecule has 13 heteroatoms. The third-order valence-electron chi connectivity index (χ3n) is 6.89. The van der Waals surface area contributed by atoms with Crippen molar-refractivity contribution >= 4 is 51.4 Å². The summed E-state index contributed by atoms with van der Waals surface area (Å²) in [5.74, 6) is -1.88. The molecular weight excluding hydrogens is 597 g/mol. The second-order valence-corrected chi connectivity index (χ2v) is 10.5. The van der Waals surface area contributed by atoms with Crippen molar-refractivity contribution in [3.8, 4) is 6.07 Å². The van der Waals surface area contributed by atoms with Gasteiger partial charge in [-0.25, -0.2) is 0 Å². The second-order valence-electron chi connectivity index (χ2n) is 9.62. The van der Waals surface area contributed by atoms with E-state index < -0.39 is 18.0 Å². The lowest BCUT2D eigenvalue weighted by Crippen LogP contribution is -2.39. The molecule has 9 nitrogen and oxygen atoms in total. The number of hydrogen-bond acceptors (Lipinski definition) is 7. The Balaban J connectivity index is 1.64. The summed E-state index contributed by atoms with van der Waals surface area (Å²) in [5.41, 5.74) is 8.12. The average Bonchev–Trinajstić information content (AvgIpc) is 3.50. The number of aromatic nitrogens is 4. The number of nitriles is 1. The number of nitrogens with two attached hydrogens (primary N) is 1. The van der Waals surface area contributed by atoms with Crippen LogP contribution in [0.5, 0.6) is 0 Å². The first-order valence-electron chi connectivity index (χ1n) is 13.1. The summed E-state index contributed by atoms with van der Waals surface area (Å²) in [7, 11) is 0. The van der Waals surface area contributed by atoms with Gasteiger partial charge in [-0.15, -0.1) is 5.10 Å². The molecule has 5 aromatic rings. The van der Waals surface area contributed by atoms with Crippen LogP contribution in [0.2, 0.25) is 10.0 Å². The van der Waals surface area contributed by atoms with Gasteiger partial charge in [-0.1, -0.05) is 83.9 Å². The first-order valence-corrected chi connectivity index (χ1v) is 13.8. The van der Waals surface area contributed by atoms with Crippen LogP contribution in [0.4, 0.5) is 20.2 Å². The van der Waals surface area contributed by atoms with E-state index in [-0.39, 0.29) is 16.4 Å². The van der Waals surface area contributed by atoms with E-state index in [1.165, 1.54) is 6.20 Å². The van der Waals surface area contributed by atoms with Gasteiger partial charge >= 0.3 is 12.0 Å². The highest BCUT2D eigenvalue weighted by Gasteiger charge is 2.41. The van der Waals surface area contributed by atoms with Crippen LogP contribution in [0.1, 0.15) is 47.8 Å². The zero-order chi connectivity index (χ0) is 30.7. The first-order chi connectivity index (χ1) is 20.6. The molecule has 43 heavy (non-hydrogen) atoms. The number of anilines is 2. The largest absolute Gasteiger partial charge is 0.423 e. The van der Waals surface area contributed by atoms with Crippen molar-refractivity contribution in [3.05, 3.63) is 112 Å². The fourth-order valence-electron chi connectivity index (χ4n) is 4.73. The number of carbonyl (C=O) groups is 1. The summed E-state index contributed by atoms with van der Waals surface area (Å²) < 4.78 is 28.8. The Hall–Kier alpha value is -4.79. The molecule has 0 bridgehead atoms. The number of alkyl halides is 2. The summed E-state index contributed by atoms with van der Waals surface area (Å²) in [6.45, 7) is 2.03. The summed E-state index contributed by atoms with van der Waals surface area (Å²) >= 11 is 13.1. The Kier molecular flexibility index (Phi) is 8.43. The number of primary amides is 1. The zero-order valence-electron chi connectivity index (χ0n) is 22.6. The minimum atomic E-state index is -4.11. The number of rotatable bonds is 10. The number of pyridine rings is 1. The van der Waals surface area contributed by atoms with Gasteiger partial charge in [0.15, 0.2) is 0 Å². The Morgan fingerprint density at radius 2 is 1.84 bits per heavy atom. The number of halogens is 4. The lowest BCUT2D eigenvalue weighted by Gasteiger charge is -2.23. The molecule has 0 aliphatic heterocycles. The normalized spacial score (nSPS) is 12.8. The van der Waals surface area contributed by atoms with Gasteiger partial charge in [0.05, 0.1) is 40.7 Å². The third kappa shape index (κ3) is 5.93. The van der Waals surface area contributed by atoms with Crippen LogP contribution in [0, 0.1) is 11.3 Å². The van der Waals surface area contributed by atoms with Crippen LogP contribution in [0.15, 0.2) is 79.1 Å². The minimum absolute atomic E-state index is 0.0178. The van der Waals surface area contributed by atoms with Crippen LogP contribution < -0.4 is 16.4 Å². The molecule has 218 valence electrons. The predicted octanol–water partition coefficient (Wildman–Crippen LogP) is 6.80. The van der Waals surface area contributed by atoms with E-state index in [1.54, 1.807) is 36.4 Å². The van der Waals surface area contributed by atoms with Crippen molar-refractivity contribution < 1.29 is 13.6 Å². The van der Waals surface area contributed by atoms with E-state index in [2.05, 4.69) is 32.0 Å². The van der Waals surface area contributed by atoms with Crippen molar-refractivity contribution in [2.75, 3.05) is 10.6 Å². The topological polar surface area (TPSA) is 135 Å². The van der Waals surface area contributed by atoms with E-state index in [9.17, 15) is 18.8 Å². The molecule has 0 saturated heterocycles. The van der Waals surface area contributed by atoms with Gasteiger partial charge in [0.25, 0.3) is 0 Å². The molecule has 2 heterocycles. The van der Waals surface area contributed by atoms with Gasteiger partial charge in [-0.2, -0.15) is 18.7 Å². The molecule has 2 atom stereocenters. The number of amides is 1. The maximum Gasteiger partial charge on any atom is 0.423 e. The standard InChI is InChI=1S/C30H24Cl2F2N8O/c1-2-23(17-8-4-3-5-9-17)38-26-18(14-35)15-37-27-21(26)12-19(31)13-24(27)39-28(20-10-6-7-11-22(20)32)25-16-42(41-40-25)30(33,34)29(36)43/h3-13,15-16,23,28,39H,2H2,1H3,(H2,36,43)(H,37,38)/t23-,28+/m1/s1. The van der Waals surface area contributed by atoms with Gasteiger partial charge in [0, 0.05) is 21.6 Å². The number of nitrogens with zero attached hydrogens (tertiary/aromatic N) is 5. The Bertz CT molecular complexity index is 1840. The number of nitrogens with one attached hydrogen (secondary N) is 2. The molecule has 0 fully saturated rings. The van der Waals surface area contributed by atoms with Crippen LogP contribution in [-0.4, -0.2) is 25.9 Å². The van der Waals surface area contributed by atoms with Crippen molar-refractivity contribution in [2.24, 2.45) is 5.73 Å². The molecule has 0 unspecified atom stereocenters. The monoisotopic (exact) mass is 620 g/mol. The minimum Gasteiger partial charge on any atom is -0.377 e. The number of benzene rings is 3. The van der Waals surface area contributed by atoms with Gasteiger partial charge in [0.2, 0.25) is 0 Å². The highest BCUT2D eigenvalue weighted by molar-refractivity contribution is 6.32. The smallest absolute Gasteiger partial charge is 0.377 e. The quantitative estimate of drug-likeness (QED) is 0.156. The number of hydrogen-bond donors (Lipinski definition) is 3. The molecule has 2 aromatic heterocycles. The Morgan fingerprint density at radius 1 is 1.12 bits per heavy atom. The Labute approximate surface area is 255 Å². The van der Waals surface area contributed by atoms with Gasteiger partial charge < -0.3 is 16.4 Å². The number of carbonyl (C=O) groups excluding carboxylic acids is 1. The molecule has 0 spiro atoms. The van der Waals surface area contributed by atoms with E-state index in [1.807, 2.05) is 37.3 Å². The third-order valence-corrected chi connectivity index (χ3v) is 7.45. The summed E-state index contributed by atoms with van der Waals surface area (Å²) in [5, 5.41) is 25.3. The lowest BCUT2D eigenvalue weighted by atomic mass is 10.0. The van der Waals surface area contributed by atoms with Crippen LogP contribution in [0.25, 0.3) is 10.9 Å². The summed E-state index contributed by atoms with van der Waals surface area (Å²) in [6, 6.07) is 16.9. The van der Waals surface area contributed by atoms with E-state index in [0.717, 1.165) is 18.2 Å². The number of fused-ring (bicyclic) bond motifs is 1. The molecule has 0 aliphatic rings. The molecule has 0 aliphatic carbocycles. The Morgan fingerprint density at radius 3 is 2.51 bits per heavy atom. The van der Waals surface area contributed by atoms with E-state index >= 15 is 0 Å². The molecule has 4 N–H and O–H groups in total. The van der Waals surface area contributed by atoms with Crippen LogP contribution >= 0.6 is 23.2 Å². The molecule has 5 rings (SSSR count). The van der Waals surface area contributed by atoms with Gasteiger partial charge in [-0.3, -0.25) is 9.78 Å². The molecule has 3 aromatic carbocycles. The maximum absolute atomic E-state index is 14.4. The predicted molar refractivity (Wildman–Crippen MR) is 161 cm³/mol. The van der Waals surface area contributed by atoms with Crippen molar-refractivity contribution in [1.29, 1.82) is 5.26 Å². The van der Waals surface area contributed by atoms with Crippen molar-refractivity contribution in [3.63, 3.8) is 0 Å². The molecular formula is C30H24Cl2F2N8O. The van der Waals surface area contributed by atoms with Crippen molar-refractivity contribution in [2.45, 2.75) is 31.5 Å². The van der Waals surface area contributed by atoms with Crippen LogP contribution in [0.3, 0.4) is 0 Å². The van der Waals surface area contributed by atoms with E-state index in [0.29, 0.717) is 43.4 Å². The van der Waals surface area contributed by atoms with Crippen LogP contribution in [-0.2, 0) is 10.8 Å². The first kappa shape index (κ1) is 29.7. The fourth-order valence-corrected chi connectivity index (χ4v) is 5.20. The summed E-state index contributed by atoms with van der Waals surface area (Å²) in [4.78, 5) is 15.9. The molecule has 0 radical (unpaired) electrons. The maximum atomic E-state index is 14.4. The zero-order valence-corrected chi connectivity index (χ0v) is 24.1. The SMILES string of the molecule is CC[C@@H](Nc1c(C#N)cnc2c(N[C@H](c3cn(C(F)(F)C(N)=O)nn3)c3ccccc3Cl)cc(Cl)cc12)c1ccccc1. The van der Waals surface area contributed by atoms with Gasteiger partial charge in [0.1, 0.15) is 11.8 Å². The van der Waals surface area contributed by atoms with Crippen molar-refractivity contribution in [1.82, 2.24) is 20.0 Å². The molecule has 1 amide bonds. The average molecular weight is 621 g/mol. The molecule has 0 saturated carbocycles. The lowest BCUT2D eigenvalue weighted by molar-refractivity contribution is -0.159. The second kappa shape index (κ2) is 12.2. The van der Waals surface area contributed by atoms with Gasteiger partial charge in [-0.05, 0) is 35.7 Å². The summed E-state index contributed by atoms with van der Waals surface area (Å²) in [6.07, 6.45) is 3.10.